The van der Waals surface area contributed by atoms with E-state index in [9.17, 15) is 9.59 Å². The van der Waals surface area contributed by atoms with Gasteiger partial charge in [-0.3, -0.25) is 14.6 Å². The number of rotatable bonds is 11. The van der Waals surface area contributed by atoms with Crippen molar-refractivity contribution in [2.75, 3.05) is 13.2 Å². The smallest absolute Gasteiger partial charge is 0.305 e. The Morgan fingerprint density at radius 2 is 1.83 bits per heavy atom. The van der Waals surface area contributed by atoms with Gasteiger partial charge in [-0.1, -0.05) is 24.3 Å². The number of fused-ring (bicyclic) bond motifs is 1. The van der Waals surface area contributed by atoms with Crippen LogP contribution < -0.4 is 5.73 Å². The molecule has 0 saturated carbocycles. The molecule has 1 aromatic carbocycles. The first-order valence-electron chi connectivity index (χ1n) is 9.72. The number of hydrogen-bond acceptors (Lipinski definition) is 6. The number of hydrogen-bond donors (Lipinski definition) is 2. The monoisotopic (exact) mass is 403 g/mol. The Bertz CT molecular complexity index is 818. The molecule has 1 amide bonds. The van der Waals surface area contributed by atoms with Crippen molar-refractivity contribution in [3.8, 4) is 0 Å². The molecule has 0 spiro atoms. The topological polar surface area (TPSA) is 115 Å². The number of nitrogens with zero attached hydrogens (tertiary/aromatic N) is 2. The molecule has 29 heavy (non-hydrogen) atoms. The van der Waals surface area contributed by atoms with E-state index < -0.39 is 36.7 Å². The summed E-state index contributed by atoms with van der Waals surface area (Å²) in [5.41, 5.74) is 7.51. The minimum Gasteiger partial charge on any atom is -0.481 e. The molecule has 8 nitrogen and oxygen atoms in total. The van der Waals surface area contributed by atoms with Crippen LogP contribution in [0.2, 0.25) is 0 Å². The highest BCUT2D eigenvalue weighted by molar-refractivity contribution is 5.87. The van der Waals surface area contributed by atoms with Crippen LogP contribution in [-0.4, -0.2) is 58.5 Å². The first-order valence-corrected chi connectivity index (χ1v) is 9.72. The van der Waals surface area contributed by atoms with E-state index in [1.165, 1.54) is 4.90 Å². The lowest BCUT2D eigenvalue weighted by molar-refractivity contribution is -0.179. The Hall–Kier alpha value is -2.55. The second-order valence-electron chi connectivity index (χ2n) is 6.68. The maximum Gasteiger partial charge on any atom is 0.305 e. The molecule has 2 atom stereocenters. The lowest BCUT2D eigenvalue weighted by atomic mass is 10.1. The molecule has 2 aromatic rings. The summed E-state index contributed by atoms with van der Waals surface area (Å²) in [6.45, 7) is 6.52. The zero-order valence-electron chi connectivity index (χ0n) is 17.1. The second kappa shape index (κ2) is 10.8. The summed E-state index contributed by atoms with van der Waals surface area (Å²) in [6, 6.07) is 7.87. The zero-order valence-corrected chi connectivity index (χ0v) is 17.1. The Morgan fingerprint density at radius 3 is 2.45 bits per heavy atom. The number of nitrogens with two attached hydrogens (primary N) is 1. The van der Waals surface area contributed by atoms with Gasteiger partial charge in [0.25, 0.3) is 0 Å². The summed E-state index contributed by atoms with van der Waals surface area (Å²) < 4.78 is 11.3. The summed E-state index contributed by atoms with van der Waals surface area (Å²) in [4.78, 5) is 30.1. The quantitative estimate of drug-likeness (QED) is 0.552. The van der Waals surface area contributed by atoms with E-state index in [1.807, 2.05) is 44.2 Å². The largest absolute Gasteiger partial charge is 0.481 e. The fraction of sp³-hybridized carbons (Fsp3) is 0.476. The molecule has 1 heterocycles. The van der Waals surface area contributed by atoms with E-state index in [4.69, 9.17) is 20.3 Å². The number of para-hydroxylation sites is 1. The Labute approximate surface area is 170 Å². The van der Waals surface area contributed by atoms with Crippen LogP contribution in [0.15, 0.2) is 36.5 Å². The summed E-state index contributed by atoms with van der Waals surface area (Å²) in [5, 5.41) is 10.0. The van der Waals surface area contributed by atoms with Gasteiger partial charge in [-0.25, -0.2) is 0 Å². The molecule has 0 aliphatic carbocycles. The summed E-state index contributed by atoms with van der Waals surface area (Å²) in [5.74, 6) is -1.60. The van der Waals surface area contributed by atoms with Gasteiger partial charge in [-0.05, 0) is 32.4 Å². The molecule has 0 radical (unpaired) electrons. The predicted octanol–water partition coefficient (Wildman–Crippen LogP) is 2.15. The van der Waals surface area contributed by atoms with Gasteiger partial charge in [0.15, 0.2) is 6.29 Å². The number of aliphatic carboxylic acids is 1. The van der Waals surface area contributed by atoms with Crippen molar-refractivity contribution >= 4 is 22.8 Å². The zero-order chi connectivity index (χ0) is 21.4. The van der Waals surface area contributed by atoms with E-state index >= 15 is 0 Å². The van der Waals surface area contributed by atoms with Gasteiger partial charge in [-0.15, -0.1) is 0 Å². The molecule has 0 bridgehead atoms. The third-order valence-electron chi connectivity index (χ3n) is 4.60. The number of carboxylic acids is 1. The second-order valence-corrected chi connectivity index (χ2v) is 6.68. The van der Waals surface area contributed by atoms with Gasteiger partial charge in [0.1, 0.15) is 0 Å². The standard InChI is InChI=1S/C21H29N3O5/c1-4-28-21(29-5-2)14(3)24(20(27)17(22)12-18(25)26)13-16-9-6-8-15-10-7-11-23-19(15)16/h6-11,14,17,21H,4-5,12-13,22H2,1-3H3,(H,25,26)/t14-,17?/m0/s1. The highest BCUT2D eigenvalue weighted by Gasteiger charge is 2.32. The van der Waals surface area contributed by atoms with Gasteiger partial charge < -0.3 is 25.2 Å². The number of carbonyl (C=O) groups is 2. The molecular weight excluding hydrogens is 374 g/mol. The van der Waals surface area contributed by atoms with Crippen LogP contribution in [0.25, 0.3) is 10.9 Å². The van der Waals surface area contributed by atoms with Crippen molar-refractivity contribution in [1.82, 2.24) is 9.88 Å². The first kappa shape index (κ1) is 22.7. The SMILES string of the molecule is CCOC(OCC)[C@H](C)N(Cc1cccc2cccnc12)C(=O)C(N)CC(=O)O. The Morgan fingerprint density at radius 1 is 1.17 bits per heavy atom. The minimum absolute atomic E-state index is 0.207. The highest BCUT2D eigenvalue weighted by atomic mass is 16.7. The van der Waals surface area contributed by atoms with Crippen LogP contribution in [0.5, 0.6) is 0 Å². The fourth-order valence-corrected chi connectivity index (χ4v) is 3.19. The molecular formula is C21H29N3O5. The van der Waals surface area contributed by atoms with Gasteiger partial charge in [0.2, 0.25) is 5.91 Å². The van der Waals surface area contributed by atoms with E-state index in [2.05, 4.69) is 4.98 Å². The Balaban J connectivity index is 2.39. The number of carbonyl (C=O) groups excluding carboxylic acids is 1. The van der Waals surface area contributed by atoms with Crippen LogP contribution in [-0.2, 0) is 25.6 Å². The van der Waals surface area contributed by atoms with Crippen LogP contribution in [0, 0.1) is 0 Å². The molecule has 0 fully saturated rings. The predicted molar refractivity (Wildman–Crippen MR) is 109 cm³/mol. The maximum atomic E-state index is 13.1. The molecule has 1 aromatic heterocycles. The summed E-state index contributed by atoms with van der Waals surface area (Å²) in [7, 11) is 0. The highest BCUT2D eigenvalue weighted by Crippen LogP contribution is 2.21. The van der Waals surface area contributed by atoms with E-state index in [0.29, 0.717) is 13.2 Å². The minimum atomic E-state index is -1.17. The number of benzene rings is 1. The number of pyridine rings is 1. The van der Waals surface area contributed by atoms with Gasteiger partial charge in [0.05, 0.1) is 24.0 Å². The number of carboxylic acid groups (broad SMARTS) is 1. The van der Waals surface area contributed by atoms with Gasteiger partial charge in [-0.2, -0.15) is 0 Å². The average Bonchev–Trinajstić information content (AvgIpc) is 2.70. The molecule has 8 heteroatoms. The molecule has 3 N–H and O–H groups in total. The van der Waals surface area contributed by atoms with Crippen molar-refractivity contribution < 1.29 is 24.2 Å². The molecule has 2 rings (SSSR count). The third kappa shape index (κ3) is 5.96. The number of aromatic nitrogens is 1. The van der Waals surface area contributed by atoms with Crippen molar-refractivity contribution in [3.63, 3.8) is 0 Å². The maximum absolute atomic E-state index is 13.1. The number of amides is 1. The summed E-state index contributed by atoms with van der Waals surface area (Å²) in [6.07, 6.45) is 0.582. The molecule has 1 unspecified atom stereocenters. The fourth-order valence-electron chi connectivity index (χ4n) is 3.19. The van der Waals surface area contributed by atoms with Crippen LogP contribution >= 0.6 is 0 Å². The number of ether oxygens (including phenoxy) is 2. The van der Waals surface area contributed by atoms with Crippen molar-refractivity contribution in [3.05, 3.63) is 42.1 Å². The van der Waals surface area contributed by atoms with Crippen LogP contribution in [0.4, 0.5) is 0 Å². The molecule has 0 aliphatic heterocycles. The normalized spacial score (nSPS) is 13.4. The van der Waals surface area contributed by atoms with E-state index in [-0.39, 0.29) is 6.54 Å². The van der Waals surface area contributed by atoms with Crippen LogP contribution in [0.1, 0.15) is 32.8 Å². The summed E-state index contributed by atoms with van der Waals surface area (Å²) >= 11 is 0. The van der Waals surface area contributed by atoms with E-state index in [0.717, 1.165) is 16.5 Å². The first-order chi connectivity index (χ1) is 13.9. The van der Waals surface area contributed by atoms with Crippen LogP contribution in [0.3, 0.4) is 0 Å². The molecule has 0 aliphatic rings. The van der Waals surface area contributed by atoms with Gasteiger partial charge >= 0.3 is 5.97 Å². The van der Waals surface area contributed by atoms with Crippen molar-refractivity contribution in [2.45, 2.75) is 52.1 Å². The lowest BCUT2D eigenvalue weighted by Gasteiger charge is -2.35. The van der Waals surface area contributed by atoms with Gasteiger partial charge in [0, 0.05) is 31.3 Å². The molecule has 0 saturated heterocycles. The van der Waals surface area contributed by atoms with Crippen molar-refractivity contribution in [2.24, 2.45) is 5.73 Å². The Kier molecular flexibility index (Phi) is 8.50. The van der Waals surface area contributed by atoms with Crippen molar-refractivity contribution in [1.29, 1.82) is 0 Å². The lowest BCUT2D eigenvalue weighted by Crippen LogP contribution is -2.52. The average molecular weight is 403 g/mol. The van der Waals surface area contributed by atoms with E-state index in [1.54, 1.807) is 13.1 Å². The third-order valence-corrected chi connectivity index (χ3v) is 4.60. The molecule has 158 valence electrons.